The van der Waals surface area contributed by atoms with Crippen molar-refractivity contribution in [3.05, 3.63) is 28.8 Å². The summed E-state index contributed by atoms with van der Waals surface area (Å²) in [6, 6.07) is 6.63. The van der Waals surface area contributed by atoms with Crippen LogP contribution in [0, 0.1) is 23.2 Å². The topological polar surface area (TPSA) is 61.2 Å². The molecule has 3 rings (SSSR count). The second-order valence-electron chi connectivity index (χ2n) is 4.93. The van der Waals surface area contributed by atoms with Gasteiger partial charge in [-0.15, -0.1) is 0 Å². The number of hydrogen-bond donors (Lipinski definition) is 0. The fraction of sp³-hybridized carbons (Fsp3) is 0.357. The van der Waals surface area contributed by atoms with E-state index in [4.69, 9.17) is 16.9 Å². The van der Waals surface area contributed by atoms with Gasteiger partial charge in [0.1, 0.15) is 6.07 Å². The minimum atomic E-state index is -0.210. The minimum Gasteiger partial charge on any atom is -0.274 e. The second kappa shape index (κ2) is 4.36. The van der Waals surface area contributed by atoms with E-state index in [-0.39, 0.29) is 23.7 Å². The first kappa shape index (κ1) is 12.2. The highest BCUT2D eigenvalue weighted by Crippen LogP contribution is 2.42. The normalized spacial score (nSPS) is 25.6. The predicted molar refractivity (Wildman–Crippen MR) is 69.5 cm³/mol. The number of rotatable bonds is 1. The van der Waals surface area contributed by atoms with Gasteiger partial charge in [-0.2, -0.15) is 5.26 Å². The van der Waals surface area contributed by atoms with Gasteiger partial charge in [-0.05, 0) is 31.0 Å². The molecule has 19 heavy (non-hydrogen) atoms. The fourth-order valence-corrected chi connectivity index (χ4v) is 3.18. The molecule has 0 radical (unpaired) electrons. The molecule has 2 amide bonds. The number of anilines is 1. The Labute approximate surface area is 115 Å². The third kappa shape index (κ3) is 1.73. The summed E-state index contributed by atoms with van der Waals surface area (Å²) in [7, 11) is 0. The number of halogens is 1. The molecule has 1 saturated carbocycles. The summed E-state index contributed by atoms with van der Waals surface area (Å²) in [5.41, 5.74) is 0.616. The maximum absolute atomic E-state index is 12.3. The molecule has 2 fully saturated rings. The minimum absolute atomic E-state index is 0.189. The number of amides is 2. The van der Waals surface area contributed by atoms with Gasteiger partial charge in [0, 0.05) is 5.02 Å². The van der Waals surface area contributed by atoms with E-state index in [2.05, 4.69) is 0 Å². The van der Waals surface area contributed by atoms with E-state index in [1.165, 1.54) is 12.1 Å². The smallest absolute Gasteiger partial charge is 0.237 e. The van der Waals surface area contributed by atoms with Crippen molar-refractivity contribution in [1.29, 1.82) is 5.26 Å². The van der Waals surface area contributed by atoms with Crippen molar-refractivity contribution in [2.45, 2.75) is 19.3 Å². The number of hydrogen-bond acceptors (Lipinski definition) is 3. The molecule has 0 spiro atoms. The lowest BCUT2D eigenvalue weighted by Gasteiger charge is -2.17. The van der Waals surface area contributed by atoms with E-state index >= 15 is 0 Å². The van der Waals surface area contributed by atoms with Crippen LogP contribution in [0.15, 0.2) is 18.2 Å². The first-order valence-corrected chi connectivity index (χ1v) is 6.58. The van der Waals surface area contributed by atoms with Gasteiger partial charge < -0.3 is 0 Å². The molecular formula is C14H11ClN2O2. The SMILES string of the molecule is N#Cc1ccc(Cl)cc1N1C(=O)C2CCCC2C1=O. The zero-order valence-corrected chi connectivity index (χ0v) is 10.9. The van der Waals surface area contributed by atoms with Crippen LogP contribution in [0.5, 0.6) is 0 Å². The molecule has 5 heteroatoms. The van der Waals surface area contributed by atoms with Crippen molar-refractivity contribution in [2.75, 3.05) is 4.90 Å². The molecular weight excluding hydrogens is 264 g/mol. The van der Waals surface area contributed by atoms with Crippen LogP contribution in [0.25, 0.3) is 0 Å². The van der Waals surface area contributed by atoms with Gasteiger partial charge in [-0.3, -0.25) is 9.59 Å². The van der Waals surface area contributed by atoms with Gasteiger partial charge in [0.15, 0.2) is 0 Å². The van der Waals surface area contributed by atoms with Gasteiger partial charge in [-0.25, -0.2) is 4.90 Å². The molecule has 1 aliphatic carbocycles. The Bertz CT molecular complexity index is 598. The van der Waals surface area contributed by atoms with Crippen molar-refractivity contribution in [1.82, 2.24) is 0 Å². The quantitative estimate of drug-likeness (QED) is 0.739. The van der Waals surface area contributed by atoms with E-state index < -0.39 is 0 Å². The van der Waals surface area contributed by atoms with Gasteiger partial charge in [-0.1, -0.05) is 18.0 Å². The second-order valence-corrected chi connectivity index (χ2v) is 5.37. The number of carbonyl (C=O) groups is 2. The lowest BCUT2D eigenvalue weighted by atomic mass is 10.00. The summed E-state index contributed by atoms with van der Waals surface area (Å²) in [6.45, 7) is 0. The Morgan fingerprint density at radius 2 is 1.84 bits per heavy atom. The van der Waals surface area contributed by atoms with Crippen molar-refractivity contribution in [2.24, 2.45) is 11.8 Å². The average molecular weight is 275 g/mol. The largest absolute Gasteiger partial charge is 0.274 e. The van der Waals surface area contributed by atoms with Crippen LogP contribution in [-0.4, -0.2) is 11.8 Å². The summed E-state index contributed by atoms with van der Waals surface area (Å²) in [6.07, 6.45) is 2.43. The molecule has 1 heterocycles. The number of nitriles is 1. The fourth-order valence-electron chi connectivity index (χ4n) is 3.01. The van der Waals surface area contributed by atoms with E-state index in [0.29, 0.717) is 16.3 Å². The molecule has 96 valence electrons. The molecule has 2 unspecified atom stereocenters. The summed E-state index contributed by atoms with van der Waals surface area (Å²) in [5, 5.41) is 9.51. The lowest BCUT2D eigenvalue weighted by molar-refractivity contribution is -0.122. The van der Waals surface area contributed by atoms with Crippen LogP contribution >= 0.6 is 11.6 Å². The van der Waals surface area contributed by atoms with Crippen LogP contribution in [0.4, 0.5) is 5.69 Å². The summed E-state index contributed by atoms with van der Waals surface area (Å²) in [4.78, 5) is 25.8. The van der Waals surface area contributed by atoms with Gasteiger partial charge in [0.05, 0.1) is 23.1 Å². The molecule has 1 saturated heterocycles. The third-order valence-electron chi connectivity index (χ3n) is 3.91. The van der Waals surface area contributed by atoms with E-state index in [1.807, 2.05) is 6.07 Å². The van der Waals surface area contributed by atoms with Crippen LogP contribution in [0.1, 0.15) is 24.8 Å². The van der Waals surface area contributed by atoms with Crippen LogP contribution in [0.3, 0.4) is 0 Å². The first-order chi connectivity index (χ1) is 9.13. The van der Waals surface area contributed by atoms with Crippen molar-refractivity contribution < 1.29 is 9.59 Å². The standard InChI is InChI=1S/C14H11ClN2O2/c15-9-5-4-8(7-16)12(6-9)17-13(18)10-2-1-3-11(10)14(17)19/h4-6,10-11H,1-3H2. The molecule has 2 atom stereocenters. The summed E-state index contributed by atoms with van der Waals surface area (Å²) in [5.74, 6) is -0.798. The van der Waals surface area contributed by atoms with Crippen molar-refractivity contribution >= 4 is 29.1 Å². The molecule has 2 aliphatic rings. The Hall–Kier alpha value is -1.86. The lowest BCUT2D eigenvalue weighted by Crippen LogP contribution is -2.32. The van der Waals surface area contributed by atoms with E-state index in [9.17, 15) is 9.59 Å². The molecule has 1 aliphatic heterocycles. The number of fused-ring (bicyclic) bond motifs is 1. The first-order valence-electron chi connectivity index (χ1n) is 6.21. The summed E-state index contributed by atoms with van der Waals surface area (Å²) < 4.78 is 0. The number of benzene rings is 1. The number of carbonyl (C=O) groups excluding carboxylic acids is 2. The Kier molecular flexibility index (Phi) is 2.79. The molecule has 4 nitrogen and oxygen atoms in total. The van der Waals surface area contributed by atoms with Gasteiger partial charge >= 0.3 is 0 Å². The van der Waals surface area contributed by atoms with Gasteiger partial charge in [0.2, 0.25) is 11.8 Å². The number of nitrogens with zero attached hydrogens (tertiary/aromatic N) is 2. The van der Waals surface area contributed by atoms with Gasteiger partial charge in [0.25, 0.3) is 0 Å². The monoisotopic (exact) mass is 274 g/mol. The Morgan fingerprint density at radius 3 is 2.42 bits per heavy atom. The highest BCUT2D eigenvalue weighted by Gasteiger charge is 2.50. The van der Waals surface area contributed by atoms with Crippen LogP contribution in [-0.2, 0) is 9.59 Å². The molecule has 0 aromatic heterocycles. The van der Waals surface area contributed by atoms with Crippen LogP contribution in [0.2, 0.25) is 5.02 Å². The van der Waals surface area contributed by atoms with E-state index in [0.717, 1.165) is 24.2 Å². The summed E-state index contributed by atoms with van der Waals surface area (Å²) >= 11 is 5.91. The maximum Gasteiger partial charge on any atom is 0.237 e. The molecule has 0 bridgehead atoms. The third-order valence-corrected chi connectivity index (χ3v) is 4.15. The number of imide groups is 1. The van der Waals surface area contributed by atoms with E-state index in [1.54, 1.807) is 6.07 Å². The maximum atomic E-state index is 12.3. The zero-order valence-electron chi connectivity index (χ0n) is 10.1. The van der Waals surface area contributed by atoms with Crippen molar-refractivity contribution in [3.8, 4) is 6.07 Å². The highest BCUT2D eigenvalue weighted by atomic mass is 35.5. The Morgan fingerprint density at radius 1 is 1.21 bits per heavy atom. The average Bonchev–Trinajstić information content (AvgIpc) is 2.95. The highest BCUT2D eigenvalue weighted by molar-refractivity contribution is 6.31. The van der Waals surface area contributed by atoms with Crippen molar-refractivity contribution in [3.63, 3.8) is 0 Å². The molecule has 1 aromatic rings. The Balaban J connectivity index is 2.08. The predicted octanol–water partition coefficient (Wildman–Crippen LogP) is 2.50. The van der Waals surface area contributed by atoms with Crippen LogP contribution < -0.4 is 4.90 Å². The molecule has 1 aromatic carbocycles. The zero-order chi connectivity index (χ0) is 13.6. The molecule has 0 N–H and O–H groups in total.